The lowest BCUT2D eigenvalue weighted by Crippen LogP contribution is -2.36. The van der Waals surface area contributed by atoms with Gasteiger partial charge in [-0.25, -0.2) is 0 Å². The Balaban J connectivity index is 1.72. The van der Waals surface area contributed by atoms with Crippen molar-refractivity contribution in [3.8, 4) is 11.5 Å². The lowest BCUT2D eigenvalue weighted by Gasteiger charge is -2.27. The van der Waals surface area contributed by atoms with Crippen molar-refractivity contribution >= 4 is 17.7 Å². The third-order valence-electron chi connectivity index (χ3n) is 4.98. The Morgan fingerprint density at radius 3 is 2.70 bits per heavy atom. The molecule has 0 saturated carbocycles. The normalized spacial score (nSPS) is 13.7. The van der Waals surface area contributed by atoms with Gasteiger partial charge in [-0.3, -0.25) is 9.48 Å². The van der Waals surface area contributed by atoms with Crippen LogP contribution >= 0.6 is 11.8 Å². The summed E-state index contributed by atoms with van der Waals surface area (Å²) in [5.41, 5.74) is 3.78. The second kappa shape index (κ2) is 7.19. The van der Waals surface area contributed by atoms with Crippen LogP contribution in [0.25, 0.3) is 11.5 Å². The van der Waals surface area contributed by atoms with Crippen LogP contribution in [0.15, 0.2) is 35.5 Å². The molecule has 3 aromatic rings. The molecule has 8 heteroatoms. The van der Waals surface area contributed by atoms with Crippen molar-refractivity contribution in [1.82, 2.24) is 29.4 Å². The fourth-order valence-electron chi connectivity index (χ4n) is 3.61. The van der Waals surface area contributed by atoms with Gasteiger partial charge in [0.05, 0.1) is 6.54 Å². The molecular formula is C19H22N6OS. The van der Waals surface area contributed by atoms with E-state index in [0.717, 1.165) is 35.2 Å². The highest BCUT2D eigenvalue weighted by Crippen LogP contribution is 2.31. The van der Waals surface area contributed by atoms with Gasteiger partial charge in [-0.1, -0.05) is 30.0 Å². The summed E-state index contributed by atoms with van der Waals surface area (Å²) in [5.74, 6) is 0.825. The number of carbonyl (C=O) groups excluding carboxylic acids is 1. The second-order valence-electron chi connectivity index (χ2n) is 6.49. The van der Waals surface area contributed by atoms with Crippen LogP contribution in [-0.4, -0.2) is 48.2 Å². The van der Waals surface area contributed by atoms with Crippen molar-refractivity contribution in [3.63, 3.8) is 0 Å². The first-order valence-electron chi connectivity index (χ1n) is 9.00. The zero-order chi connectivity index (χ0) is 19.0. The van der Waals surface area contributed by atoms with Gasteiger partial charge in [0, 0.05) is 43.4 Å². The number of amides is 1. The SMILES string of the molecule is CCn1c(SC)nnc1-c1nn(C)c2c1CN(C(=O)c1ccccc1)CC2. The summed E-state index contributed by atoms with van der Waals surface area (Å²) in [5, 5.41) is 14.3. The quantitative estimate of drug-likeness (QED) is 0.649. The highest BCUT2D eigenvalue weighted by Gasteiger charge is 2.29. The minimum Gasteiger partial charge on any atom is -0.334 e. The third kappa shape index (κ3) is 3.03. The third-order valence-corrected chi connectivity index (χ3v) is 5.64. The number of carbonyl (C=O) groups is 1. The van der Waals surface area contributed by atoms with Crippen LogP contribution in [0.4, 0.5) is 0 Å². The molecule has 0 spiro atoms. The van der Waals surface area contributed by atoms with Crippen molar-refractivity contribution in [2.45, 2.75) is 31.6 Å². The van der Waals surface area contributed by atoms with E-state index in [1.807, 2.05) is 53.2 Å². The fourth-order valence-corrected chi connectivity index (χ4v) is 4.17. The van der Waals surface area contributed by atoms with Crippen molar-refractivity contribution in [2.75, 3.05) is 12.8 Å². The van der Waals surface area contributed by atoms with Gasteiger partial charge in [0.1, 0.15) is 5.69 Å². The standard InChI is InChI=1S/C19H22N6OS/c1-4-25-17(20-21-19(25)27-3)16-14-12-24(11-10-15(14)23(2)22-16)18(26)13-8-6-5-7-9-13/h5-9H,4,10-12H2,1-3H3. The number of rotatable bonds is 4. The van der Waals surface area contributed by atoms with Crippen LogP contribution < -0.4 is 0 Å². The number of fused-ring (bicyclic) bond motifs is 1. The molecule has 27 heavy (non-hydrogen) atoms. The minimum atomic E-state index is 0.0535. The van der Waals surface area contributed by atoms with Crippen LogP contribution in [0.2, 0.25) is 0 Å². The van der Waals surface area contributed by atoms with Crippen LogP contribution in [0.3, 0.4) is 0 Å². The van der Waals surface area contributed by atoms with Gasteiger partial charge in [0.25, 0.3) is 5.91 Å². The summed E-state index contributed by atoms with van der Waals surface area (Å²) < 4.78 is 3.99. The van der Waals surface area contributed by atoms with Gasteiger partial charge in [0.15, 0.2) is 11.0 Å². The van der Waals surface area contributed by atoms with E-state index in [1.54, 1.807) is 11.8 Å². The van der Waals surface area contributed by atoms with Gasteiger partial charge in [-0.15, -0.1) is 10.2 Å². The van der Waals surface area contributed by atoms with E-state index in [-0.39, 0.29) is 5.91 Å². The molecule has 1 amide bonds. The molecule has 0 radical (unpaired) electrons. The van der Waals surface area contributed by atoms with Gasteiger partial charge in [0.2, 0.25) is 0 Å². The Morgan fingerprint density at radius 2 is 2.00 bits per heavy atom. The highest BCUT2D eigenvalue weighted by atomic mass is 32.2. The van der Waals surface area contributed by atoms with Crippen LogP contribution in [-0.2, 0) is 26.6 Å². The smallest absolute Gasteiger partial charge is 0.254 e. The molecule has 4 rings (SSSR count). The highest BCUT2D eigenvalue weighted by molar-refractivity contribution is 7.98. The molecule has 0 fully saturated rings. The zero-order valence-corrected chi connectivity index (χ0v) is 16.5. The largest absolute Gasteiger partial charge is 0.334 e. The van der Waals surface area contributed by atoms with Gasteiger partial charge >= 0.3 is 0 Å². The van der Waals surface area contributed by atoms with E-state index in [1.165, 1.54) is 5.69 Å². The summed E-state index contributed by atoms with van der Waals surface area (Å²) in [6.45, 7) is 4.08. The maximum absolute atomic E-state index is 12.9. The lowest BCUT2D eigenvalue weighted by atomic mass is 10.0. The maximum atomic E-state index is 12.9. The van der Waals surface area contributed by atoms with E-state index in [0.29, 0.717) is 18.7 Å². The number of aromatic nitrogens is 5. The number of hydrogen-bond acceptors (Lipinski definition) is 5. The van der Waals surface area contributed by atoms with Crippen molar-refractivity contribution in [3.05, 3.63) is 47.2 Å². The van der Waals surface area contributed by atoms with E-state index >= 15 is 0 Å². The number of nitrogens with zero attached hydrogens (tertiary/aromatic N) is 6. The molecule has 0 N–H and O–H groups in total. The Bertz CT molecular complexity index is 978. The van der Waals surface area contributed by atoms with Gasteiger partial charge in [-0.05, 0) is 25.3 Å². The fraction of sp³-hybridized carbons (Fsp3) is 0.368. The Morgan fingerprint density at radius 1 is 1.22 bits per heavy atom. The average Bonchev–Trinajstić information content (AvgIpc) is 3.28. The van der Waals surface area contributed by atoms with E-state index in [9.17, 15) is 4.79 Å². The number of hydrogen-bond donors (Lipinski definition) is 0. The Labute approximate surface area is 162 Å². The zero-order valence-electron chi connectivity index (χ0n) is 15.7. The first-order valence-corrected chi connectivity index (χ1v) is 10.2. The molecule has 0 aliphatic carbocycles. The molecule has 0 unspecified atom stereocenters. The topological polar surface area (TPSA) is 68.8 Å². The monoisotopic (exact) mass is 382 g/mol. The molecule has 140 valence electrons. The predicted molar refractivity (Wildman–Crippen MR) is 105 cm³/mol. The number of thioether (sulfide) groups is 1. The maximum Gasteiger partial charge on any atom is 0.254 e. The van der Waals surface area contributed by atoms with Crippen molar-refractivity contribution < 1.29 is 4.79 Å². The first-order chi connectivity index (χ1) is 13.1. The molecule has 1 aromatic carbocycles. The molecular weight excluding hydrogens is 360 g/mol. The molecule has 1 aliphatic rings. The summed E-state index contributed by atoms with van der Waals surface area (Å²) >= 11 is 1.57. The van der Waals surface area contributed by atoms with Crippen molar-refractivity contribution in [1.29, 1.82) is 0 Å². The summed E-state index contributed by atoms with van der Waals surface area (Å²) in [7, 11) is 1.96. The Hall–Kier alpha value is -2.61. The molecule has 3 heterocycles. The lowest BCUT2D eigenvalue weighted by molar-refractivity contribution is 0.0733. The average molecular weight is 382 g/mol. The van der Waals surface area contributed by atoms with E-state index in [4.69, 9.17) is 5.10 Å². The second-order valence-corrected chi connectivity index (χ2v) is 7.27. The number of benzene rings is 1. The van der Waals surface area contributed by atoms with Gasteiger partial charge < -0.3 is 9.47 Å². The van der Waals surface area contributed by atoms with E-state index < -0.39 is 0 Å². The molecule has 7 nitrogen and oxygen atoms in total. The summed E-state index contributed by atoms with van der Waals surface area (Å²) in [4.78, 5) is 14.8. The minimum absolute atomic E-state index is 0.0535. The number of aryl methyl sites for hydroxylation is 1. The molecule has 0 bridgehead atoms. The summed E-state index contributed by atoms with van der Waals surface area (Å²) in [6, 6.07) is 9.43. The van der Waals surface area contributed by atoms with Crippen LogP contribution in [0, 0.1) is 0 Å². The first kappa shape index (κ1) is 17.8. The van der Waals surface area contributed by atoms with Crippen LogP contribution in [0.5, 0.6) is 0 Å². The predicted octanol–water partition coefficient (Wildman–Crippen LogP) is 2.62. The van der Waals surface area contributed by atoms with Crippen LogP contribution in [0.1, 0.15) is 28.5 Å². The van der Waals surface area contributed by atoms with Gasteiger partial charge in [-0.2, -0.15) is 5.10 Å². The molecule has 0 atom stereocenters. The molecule has 2 aromatic heterocycles. The van der Waals surface area contributed by atoms with E-state index in [2.05, 4.69) is 21.7 Å². The summed E-state index contributed by atoms with van der Waals surface area (Å²) in [6.07, 6.45) is 2.78. The molecule has 1 aliphatic heterocycles. The molecule has 0 saturated heterocycles. The van der Waals surface area contributed by atoms with Crippen molar-refractivity contribution in [2.24, 2.45) is 7.05 Å². The Kier molecular flexibility index (Phi) is 4.73.